The van der Waals surface area contributed by atoms with E-state index in [9.17, 15) is 5.11 Å². The SMILES string of the molecule is CC1=CCN(c2c(CO)c(C)nn2-c2ccccc2)CC1. The van der Waals surface area contributed by atoms with Crippen LogP contribution in [0.5, 0.6) is 0 Å². The van der Waals surface area contributed by atoms with Gasteiger partial charge in [-0.3, -0.25) is 0 Å². The number of hydrogen-bond donors (Lipinski definition) is 1. The van der Waals surface area contributed by atoms with E-state index in [1.807, 2.05) is 41.9 Å². The second kappa shape index (κ2) is 5.74. The molecule has 3 rings (SSSR count). The Labute approximate surface area is 125 Å². The van der Waals surface area contributed by atoms with Gasteiger partial charge in [-0.1, -0.05) is 29.8 Å². The van der Waals surface area contributed by atoms with Gasteiger partial charge in [-0.2, -0.15) is 5.10 Å². The molecule has 1 aromatic carbocycles. The lowest BCUT2D eigenvalue weighted by molar-refractivity contribution is 0.281. The number of aromatic nitrogens is 2. The van der Waals surface area contributed by atoms with Crippen molar-refractivity contribution >= 4 is 5.82 Å². The fourth-order valence-electron chi connectivity index (χ4n) is 2.77. The number of aliphatic hydroxyl groups excluding tert-OH is 1. The molecule has 0 radical (unpaired) electrons. The van der Waals surface area contributed by atoms with Crippen molar-refractivity contribution in [3.05, 3.63) is 53.2 Å². The predicted octanol–water partition coefficient (Wildman–Crippen LogP) is 2.83. The van der Waals surface area contributed by atoms with Crippen molar-refractivity contribution in [1.29, 1.82) is 0 Å². The molecule has 0 saturated carbocycles. The van der Waals surface area contributed by atoms with Crippen LogP contribution in [0, 0.1) is 6.92 Å². The standard InChI is InChI=1S/C17H21N3O/c1-13-8-10-19(11-9-13)17-16(12-21)14(2)18-20(17)15-6-4-3-5-7-15/h3-8,21H,9-12H2,1-2H3. The van der Waals surface area contributed by atoms with E-state index in [0.717, 1.165) is 42.3 Å². The molecule has 1 aliphatic heterocycles. The summed E-state index contributed by atoms with van der Waals surface area (Å²) in [4.78, 5) is 2.30. The average molecular weight is 283 g/mol. The second-order valence-electron chi connectivity index (χ2n) is 5.54. The summed E-state index contributed by atoms with van der Waals surface area (Å²) in [5, 5.41) is 14.4. The molecule has 0 unspecified atom stereocenters. The van der Waals surface area contributed by atoms with Gasteiger partial charge in [0.05, 0.1) is 18.0 Å². The first-order valence-electron chi connectivity index (χ1n) is 7.36. The third kappa shape index (κ3) is 2.59. The van der Waals surface area contributed by atoms with Crippen LogP contribution in [0.1, 0.15) is 24.6 Å². The van der Waals surface area contributed by atoms with E-state index in [2.05, 4.69) is 23.0 Å². The van der Waals surface area contributed by atoms with Crippen LogP contribution in [-0.4, -0.2) is 28.0 Å². The maximum absolute atomic E-state index is 9.75. The van der Waals surface area contributed by atoms with Crippen molar-refractivity contribution in [2.75, 3.05) is 18.0 Å². The summed E-state index contributed by atoms with van der Waals surface area (Å²) in [6.45, 7) is 5.99. The highest BCUT2D eigenvalue weighted by molar-refractivity contribution is 5.56. The first-order chi connectivity index (χ1) is 10.2. The quantitative estimate of drug-likeness (QED) is 0.881. The van der Waals surface area contributed by atoms with Crippen molar-refractivity contribution in [3.63, 3.8) is 0 Å². The summed E-state index contributed by atoms with van der Waals surface area (Å²) < 4.78 is 1.95. The molecule has 0 saturated heterocycles. The van der Waals surface area contributed by atoms with E-state index in [0.29, 0.717) is 0 Å². The van der Waals surface area contributed by atoms with Crippen LogP contribution in [0.3, 0.4) is 0 Å². The van der Waals surface area contributed by atoms with Crippen molar-refractivity contribution in [2.24, 2.45) is 0 Å². The minimum Gasteiger partial charge on any atom is -0.391 e. The Morgan fingerprint density at radius 3 is 2.57 bits per heavy atom. The van der Waals surface area contributed by atoms with Crippen molar-refractivity contribution in [1.82, 2.24) is 9.78 Å². The summed E-state index contributed by atoms with van der Waals surface area (Å²) >= 11 is 0. The van der Waals surface area contributed by atoms with Crippen molar-refractivity contribution < 1.29 is 5.11 Å². The van der Waals surface area contributed by atoms with Crippen molar-refractivity contribution in [2.45, 2.75) is 26.9 Å². The van der Waals surface area contributed by atoms with Crippen LogP contribution >= 0.6 is 0 Å². The Hall–Kier alpha value is -2.07. The van der Waals surface area contributed by atoms with Crippen molar-refractivity contribution in [3.8, 4) is 5.69 Å². The number of para-hydroxylation sites is 1. The van der Waals surface area contributed by atoms with Gasteiger partial charge in [0, 0.05) is 18.7 Å². The van der Waals surface area contributed by atoms with Gasteiger partial charge in [-0.15, -0.1) is 0 Å². The van der Waals surface area contributed by atoms with E-state index in [-0.39, 0.29) is 6.61 Å². The zero-order valence-electron chi connectivity index (χ0n) is 12.6. The summed E-state index contributed by atoms with van der Waals surface area (Å²) in [5.74, 6) is 1.02. The van der Waals surface area contributed by atoms with Gasteiger partial charge in [0.15, 0.2) is 0 Å². The lowest BCUT2D eigenvalue weighted by Gasteiger charge is -2.29. The fourth-order valence-corrected chi connectivity index (χ4v) is 2.77. The maximum Gasteiger partial charge on any atom is 0.138 e. The molecule has 0 spiro atoms. The van der Waals surface area contributed by atoms with Crippen LogP contribution in [0.4, 0.5) is 5.82 Å². The molecule has 0 bridgehead atoms. The highest BCUT2D eigenvalue weighted by Crippen LogP contribution is 2.29. The zero-order chi connectivity index (χ0) is 14.8. The second-order valence-corrected chi connectivity index (χ2v) is 5.54. The summed E-state index contributed by atoms with van der Waals surface area (Å²) in [5.41, 5.74) is 4.27. The van der Waals surface area contributed by atoms with Gasteiger partial charge >= 0.3 is 0 Å². The number of aryl methyl sites for hydroxylation is 1. The minimum atomic E-state index is 0.0210. The van der Waals surface area contributed by atoms with E-state index in [1.165, 1.54) is 5.57 Å². The Morgan fingerprint density at radius 1 is 1.19 bits per heavy atom. The molecule has 4 heteroatoms. The topological polar surface area (TPSA) is 41.3 Å². The molecule has 21 heavy (non-hydrogen) atoms. The number of anilines is 1. The molecule has 1 aromatic heterocycles. The lowest BCUT2D eigenvalue weighted by atomic mass is 10.1. The lowest BCUT2D eigenvalue weighted by Crippen LogP contribution is -2.31. The van der Waals surface area contributed by atoms with Gasteiger partial charge in [0.2, 0.25) is 0 Å². The van der Waals surface area contributed by atoms with Crippen LogP contribution in [0.2, 0.25) is 0 Å². The molecule has 2 aromatic rings. The Balaban J connectivity index is 2.09. The third-order valence-electron chi connectivity index (χ3n) is 4.05. The van der Waals surface area contributed by atoms with Crippen LogP contribution in [0.15, 0.2) is 42.0 Å². The van der Waals surface area contributed by atoms with Gasteiger partial charge in [-0.25, -0.2) is 4.68 Å². The predicted molar refractivity (Wildman–Crippen MR) is 84.8 cm³/mol. The molecule has 0 atom stereocenters. The van der Waals surface area contributed by atoms with Gasteiger partial charge in [0.1, 0.15) is 5.82 Å². The Bertz CT molecular complexity index is 658. The van der Waals surface area contributed by atoms with Crippen LogP contribution < -0.4 is 4.90 Å². The van der Waals surface area contributed by atoms with E-state index >= 15 is 0 Å². The number of nitrogens with zero attached hydrogens (tertiary/aromatic N) is 3. The van der Waals surface area contributed by atoms with E-state index in [4.69, 9.17) is 0 Å². The normalized spacial score (nSPS) is 15.2. The minimum absolute atomic E-state index is 0.0210. The molecule has 110 valence electrons. The smallest absolute Gasteiger partial charge is 0.138 e. The summed E-state index contributed by atoms with van der Waals surface area (Å²) in [7, 11) is 0. The average Bonchev–Trinajstić information content (AvgIpc) is 2.85. The molecule has 0 fully saturated rings. The fraction of sp³-hybridized carbons (Fsp3) is 0.353. The Morgan fingerprint density at radius 2 is 1.95 bits per heavy atom. The summed E-state index contributed by atoms with van der Waals surface area (Å²) in [6, 6.07) is 10.1. The summed E-state index contributed by atoms with van der Waals surface area (Å²) in [6.07, 6.45) is 3.31. The monoisotopic (exact) mass is 283 g/mol. The largest absolute Gasteiger partial charge is 0.391 e. The molecular weight excluding hydrogens is 262 g/mol. The van der Waals surface area contributed by atoms with Gasteiger partial charge < -0.3 is 10.0 Å². The van der Waals surface area contributed by atoms with Crippen LogP contribution in [-0.2, 0) is 6.61 Å². The number of aliphatic hydroxyl groups is 1. The number of hydrogen-bond acceptors (Lipinski definition) is 3. The zero-order valence-corrected chi connectivity index (χ0v) is 12.6. The molecule has 1 aliphatic rings. The van der Waals surface area contributed by atoms with Crippen LogP contribution in [0.25, 0.3) is 5.69 Å². The van der Waals surface area contributed by atoms with E-state index < -0.39 is 0 Å². The molecule has 2 heterocycles. The van der Waals surface area contributed by atoms with Gasteiger partial charge in [0.25, 0.3) is 0 Å². The molecule has 4 nitrogen and oxygen atoms in total. The first kappa shape index (κ1) is 13.9. The molecule has 0 amide bonds. The number of benzene rings is 1. The number of rotatable bonds is 3. The first-order valence-corrected chi connectivity index (χ1v) is 7.36. The molecule has 1 N–H and O–H groups in total. The van der Waals surface area contributed by atoms with Gasteiger partial charge in [-0.05, 0) is 32.4 Å². The maximum atomic E-state index is 9.75. The van der Waals surface area contributed by atoms with E-state index in [1.54, 1.807) is 0 Å². The molecular formula is C17H21N3O. The third-order valence-corrected chi connectivity index (χ3v) is 4.05. The molecule has 0 aliphatic carbocycles. The Kier molecular flexibility index (Phi) is 3.80. The highest BCUT2D eigenvalue weighted by atomic mass is 16.3. The highest BCUT2D eigenvalue weighted by Gasteiger charge is 2.22.